The molecular formula is C11H12N4O3S. The van der Waals surface area contributed by atoms with E-state index in [0.717, 1.165) is 0 Å². The van der Waals surface area contributed by atoms with Crippen molar-refractivity contribution in [2.24, 2.45) is 5.73 Å². The lowest BCUT2D eigenvalue weighted by Gasteiger charge is -2.07. The number of benzene rings is 1. The van der Waals surface area contributed by atoms with Crippen LogP contribution in [0.4, 0.5) is 0 Å². The van der Waals surface area contributed by atoms with Crippen molar-refractivity contribution in [3.63, 3.8) is 0 Å². The van der Waals surface area contributed by atoms with Gasteiger partial charge in [-0.05, 0) is 12.1 Å². The van der Waals surface area contributed by atoms with E-state index >= 15 is 0 Å². The lowest BCUT2D eigenvalue weighted by Crippen LogP contribution is -2.33. The summed E-state index contributed by atoms with van der Waals surface area (Å²) in [4.78, 5) is 22.6. The number of rotatable bonds is 5. The molecule has 0 spiro atoms. The van der Waals surface area contributed by atoms with Gasteiger partial charge in [0.15, 0.2) is 0 Å². The Morgan fingerprint density at radius 3 is 2.95 bits per heavy atom. The first kappa shape index (κ1) is 13.5. The lowest BCUT2D eigenvalue weighted by molar-refractivity contribution is -0.137. The molecule has 1 heterocycles. The van der Waals surface area contributed by atoms with E-state index in [1.54, 1.807) is 24.3 Å². The Kier molecular flexibility index (Phi) is 4.13. The second-order valence-electron chi connectivity index (χ2n) is 3.86. The number of carboxylic acids is 1. The largest absolute Gasteiger partial charge is 0.480 e. The topological polar surface area (TPSA) is 111 Å². The molecule has 0 unspecified atom stereocenters. The molecule has 7 nitrogen and oxygen atoms in total. The van der Waals surface area contributed by atoms with Crippen molar-refractivity contribution in [3.05, 3.63) is 34.6 Å². The fourth-order valence-corrected chi connectivity index (χ4v) is 2.29. The number of hydrogen-bond donors (Lipinski definition) is 2. The Morgan fingerprint density at radius 2 is 2.21 bits per heavy atom. The van der Waals surface area contributed by atoms with E-state index in [-0.39, 0.29) is 17.2 Å². The number of aliphatic carboxylic acids is 1. The highest BCUT2D eigenvalue weighted by molar-refractivity contribution is 7.98. The van der Waals surface area contributed by atoms with Gasteiger partial charge in [0.05, 0.1) is 11.3 Å². The predicted octanol–water partition coefficient (Wildman–Crippen LogP) is -0.106. The van der Waals surface area contributed by atoms with Crippen LogP contribution in [0.3, 0.4) is 0 Å². The Morgan fingerprint density at radius 1 is 1.47 bits per heavy atom. The van der Waals surface area contributed by atoms with Gasteiger partial charge in [0.25, 0.3) is 5.56 Å². The molecule has 0 amide bonds. The smallest absolute Gasteiger partial charge is 0.321 e. The predicted molar refractivity (Wildman–Crippen MR) is 71.9 cm³/mol. The maximum absolute atomic E-state index is 12.0. The molecule has 19 heavy (non-hydrogen) atoms. The molecule has 0 saturated heterocycles. The fraction of sp³-hybridized carbons (Fsp3) is 0.273. The minimum atomic E-state index is -1.07. The molecule has 1 aromatic carbocycles. The second-order valence-corrected chi connectivity index (χ2v) is 4.86. The van der Waals surface area contributed by atoms with Crippen molar-refractivity contribution in [3.8, 4) is 0 Å². The molecule has 0 aliphatic carbocycles. The Labute approximate surface area is 112 Å². The van der Waals surface area contributed by atoms with E-state index in [0.29, 0.717) is 10.9 Å². The molecule has 1 aromatic heterocycles. The summed E-state index contributed by atoms with van der Waals surface area (Å²) in [5.41, 5.74) is 5.66. The van der Waals surface area contributed by atoms with E-state index < -0.39 is 12.0 Å². The average Bonchev–Trinajstić information content (AvgIpc) is 2.41. The van der Waals surface area contributed by atoms with Gasteiger partial charge >= 0.3 is 5.97 Å². The maximum Gasteiger partial charge on any atom is 0.321 e. The van der Waals surface area contributed by atoms with E-state index in [1.165, 1.54) is 16.4 Å². The second kappa shape index (κ2) is 5.81. The summed E-state index contributed by atoms with van der Waals surface area (Å²) >= 11 is 1.22. The molecule has 2 aromatic rings. The van der Waals surface area contributed by atoms with Crippen LogP contribution in [0.2, 0.25) is 0 Å². The van der Waals surface area contributed by atoms with Crippen LogP contribution in [0.5, 0.6) is 0 Å². The summed E-state index contributed by atoms with van der Waals surface area (Å²) in [6.07, 6.45) is 0. The van der Waals surface area contributed by atoms with Gasteiger partial charge in [-0.1, -0.05) is 17.3 Å². The van der Waals surface area contributed by atoms with Gasteiger partial charge in [-0.15, -0.1) is 16.9 Å². The molecule has 0 saturated carbocycles. The van der Waals surface area contributed by atoms with E-state index in [9.17, 15) is 9.59 Å². The molecule has 8 heteroatoms. The molecule has 0 aliphatic heterocycles. The van der Waals surface area contributed by atoms with Crippen LogP contribution >= 0.6 is 11.8 Å². The van der Waals surface area contributed by atoms with Crippen molar-refractivity contribution in [2.75, 3.05) is 5.75 Å². The highest BCUT2D eigenvalue weighted by Gasteiger charge is 2.11. The zero-order chi connectivity index (χ0) is 13.8. The minimum Gasteiger partial charge on any atom is -0.480 e. The highest BCUT2D eigenvalue weighted by atomic mass is 32.2. The third-order valence-corrected chi connectivity index (χ3v) is 3.48. The zero-order valence-corrected chi connectivity index (χ0v) is 10.7. The van der Waals surface area contributed by atoms with E-state index in [4.69, 9.17) is 10.8 Å². The maximum atomic E-state index is 12.0. The fourth-order valence-electron chi connectivity index (χ4n) is 1.45. The highest BCUT2D eigenvalue weighted by Crippen LogP contribution is 2.07. The third-order valence-electron chi connectivity index (χ3n) is 2.46. The molecule has 0 bridgehead atoms. The molecule has 100 valence electrons. The molecule has 1 atom stereocenters. The van der Waals surface area contributed by atoms with Crippen LogP contribution in [-0.2, 0) is 10.7 Å². The van der Waals surface area contributed by atoms with Crippen LogP contribution in [0, 0.1) is 0 Å². The minimum absolute atomic E-state index is 0.205. The van der Waals surface area contributed by atoms with Gasteiger partial charge in [-0.3, -0.25) is 9.59 Å². The SMILES string of the molecule is N[C@@H](CSCn1nnc2ccccc2c1=O)C(=O)O. The number of aromatic nitrogens is 3. The lowest BCUT2D eigenvalue weighted by atomic mass is 10.2. The summed E-state index contributed by atoms with van der Waals surface area (Å²) in [5, 5.41) is 16.8. The number of thioether (sulfide) groups is 1. The Balaban J connectivity index is 2.11. The quantitative estimate of drug-likeness (QED) is 0.786. The van der Waals surface area contributed by atoms with Crippen LogP contribution in [0.15, 0.2) is 29.1 Å². The van der Waals surface area contributed by atoms with Gasteiger partial charge in [0.2, 0.25) is 0 Å². The van der Waals surface area contributed by atoms with Gasteiger partial charge in [-0.2, -0.15) is 0 Å². The number of fused-ring (bicyclic) bond motifs is 1. The van der Waals surface area contributed by atoms with Crippen LogP contribution in [-0.4, -0.2) is 37.9 Å². The zero-order valence-electron chi connectivity index (χ0n) is 9.89. The first-order valence-corrected chi connectivity index (χ1v) is 6.63. The summed E-state index contributed by atoms with van der Waals surface area (Å²) in [7, 11) is 0. The third kappa shape index (κ3) is 3.09. The number of carbonyl (C=O) groups is 1. The summed E-state index contributed by atoms with van der Waals surface area (Å²) in [6, 6.07) is 5.97. The van der Waals surface area contributed by atoms with Crippen molar-refractivity contribution >= 4 is 28.6 Å². The monoisotopic (exact) mass is 280 g/mol. The van der Waals surface area contributed by atoms with E-state index in [2.05, 4.69) is 10.3 Å². The van der Waals surface area contributed by atoms with E-state index in [1.807, 2.05) is 0 Å². The number of hydrogen-bond acceptors (Lipinski definition) is 6. The standard InChI is InChI=1S/C11H12N4O3S/c12-8(11(17)18)5-19-6-15-10(16)7-3-1-2-4-9(7)13-14-15/h1-4,8H,5-6,12H2,(H,17,18)/t8-/m0/s1. The number of nitrogens with two attached hydrogens (primary N) is 1. The number of nitrogens with zero attached hydrogens (tertiary/aromatic N) is 3. The van der Waals surface area contributed by atoms with Crippen molar-refractivity contribution < 1.29 is 9.90 Å². The van der Waals surface area contributed by atoms with Gasteiger partial charge in [0.1, 0.15) is 11.6 Å². The van der Waals surface area contributed by atoms with Gasteiger partial charge < -0.3 is 10.8 Å². The summed E-state index contributed by atoms with van der Waals surface area (Å²) in [5.74, 6) is -0.641. The van der Waals surface area contributed by atoms with Crippen LogP contribution < -0.4 is 11.3 Å². The van der Waals surface area contributed by atoms with Gasteiger partial charge in [-0.25, -0.2) is 4.68 Å². The molecular weight excluding hydrogens is 268 g/mol. The first-order chi connectivity index (χ1) is 9.09. The average molecular weight is 280 g/mol. The van der Waals surface area contributed by atoms with Crippen molar-refractivity contribution in [2.45, 2.75) is 11.9 Å². The van der Waals surface area contributed by atoms with Crippen LogP contribution in [0.1, 0.15) is 0 Å². The molecule has 0 fully saturated rings. The summed E-state index contributed by atoms with van der Waals surface area (Å²) in [6.45, 7) is 0. The Hall–Kier alpha value is -1.93. The molecule has 0 radical (unpaired) electrons. The normalized spacial score (nSPS) is 12.5. The van der Waals surface area contributed by atoms with Crippen molar-refractivity contribution in [1.82, 2.24) is 15.0 Å². The molecule has 0 aliphatic rings. The van der Waals surface area contributed by atoms with Gasteiger partial charge in [0, 0.05) is 5.75 Å². The Bertz CT molecular complexity index is 658. The van der Waals surface area contributed by atoms with Crippen molar-refractivity contribution in [1.29, 1.82) is 0 Å². The number of carboxylic acid groups (broad SMARTS) is 1. The summed E-state index contributed by atoms with van der Waals surface area (Å²) < 4.78 is 1.20. The molecule has 2 rings (SSSR count). The van der Waals surface area contributed by atoms with Crippen LogP contribution in [0.25, 0.3) is 10.9 Å². The molecule has 3 N–H and O–H groups in total. The first-order valence-electron chi connectivity index (χ1n) is 5.48.